The fraction of sp³-hybridized carbons (Fsp3) is 0.296. The van der Waals surface area contributed by atoms with Gasteiger partial charge in [0.15, 0.2) is 24.7 Å². The molecule has 0 saturated heterocycles. The van der Waals surface area contributed by atoms with Gasteiger partial charge in [0.1, 0.15) is 5.75 Å². The zero-order valence-corrected chi connectivity index (χ0v) is 22.4. The Hall–Kier alpha value is -5.07. The van der Waals surface area contributed by atoms with Crippen LogP contribution in [0.1, 0.15) is 31.0 Å². The number of carbonyl (C=O) groups is 4. The predicted molar refractivity (Wildman–Crippen MR) is 142 cm³/mol. The van der Waals surface area contributed by atoms with Gasteiger partial charge in [0.25, 0.3) is 5.91 Å². The molecule has 0 radical (unpaired) electrons. The highest BCUT2D eigenvalue weighted by Crippen LogP contribution is 2.34. The number of ether oxygens (including phenoxy) is 5. The van der Waals surface area contributed by atoms with Gasteiger partial charge in [0.05, 0.1) is 38.7 Å². The van der Waals surface area contributed by atoms with Crippen molar-refractivity contribution in [2.45, 2.75) is 19.9 Å². The van der Waals surface area contributed by atoms with Gasteiger partial charge in [-0.2, -0.15) is 5.10 Å². The normalized spacial score (nSPS) is 14.6. The van der Waals surface area contributed by atoms with Crippen molar-refractivity contribution in [3.63, 3.8) is 0 Å². The number of nitrogens with zero attached hydrogens (tertiary/aromatic N) is 1. The summed E-state index contributed by atoms with van der Waals surface area (Å²) in [6.07, 6.45) is 1.43. The van der Waals surface area contributed by atoms with Crippen LogP contribution >= 0.6 is 0 Å². The van der Waals surface area contributed by atoms with Crippen molar-refractivity contribution in [1.29, 1.82) is 0 Å². The third-order valence-electron chi connectivity index (χ3n) is 5.51. The number of hydrogen-bond acceptors (Lipinski definition) is 10. The van der Waals surface area contributed by atoms with Gasteiger partial charge in [-0.3, -0.25) is 4.79 Å². The first-order valence-electron chi connectivity index (χ1n) is 12.1. The lowest BCUT2D eigenvalue weighted by Crippen LogP contribution is -2.45. The van der Waals surface area contributed by atoms with E-state index in [9.17, 15) is 19.2 Å². The Morgan fingerprint density at radius 3 is 2.45 bits per heavy atom. The zero-order valence-electron chi connectivity index (χ0n) is 22.4. The molecule has 2 aromatic carbocycles. The molecule has 2 aromatic rings. The molecule has 0 aliphatic carbocycles. The van der Waals surface area contributed by atoms with Gasteiger partial charge in [-0.25, -0.2) is 19.8 Å². The Kier molecular flexibility index (Phi) is 10.5. The van der Waals surface area contributed by atoms with E-state index in [-0.39, 0.29) is 36.9 Å². The molecular formula is C27H30N4O9. The largest absolute Gasteiger partial charge is 0.493 e. The van der Waals surface area contributed by atoms with E-state index in [1.54, 1.807) is 56.3 Å². The number of benzene rings is 2. The Morgan fingerprint density at radius 2 is 1.77 bits per heavy atom. The minimum absolute atomic E-state index is 0.179. The molecule has 13 heteroatoms. The standard InChI is InChI=1S/C27H30N4O9/c1-5-38-26(34)24-16(2)29-27(35)30-25(24)18-8-11-20(21(12-18)36-3)40-14-22(32)31-28-13-17-6-9-19(10-7-17)39-15-23(33)37-4/h6-13,25H,5,14-15H2,1-4H3,(H,31,32)(H2,29,30,35)/b28-13-/t25-/m1/s1. The average Bonchev–Trinajstić information content (AvgIpc) is 2.95. The van der Waals surface area contributed by atoms with Crippen LogP contribution in [0.25, 0.3) is 0 Å². The Morgan fingerprint density at radius 1 is 1.02 bits per heavy atom. The quantitative estimate of drug-likeness (QED) is 0.202. The number of esters is 2. The fourth-order valence-electron chi connectivity index (χ4n) is 3.61. The van der Waals surface area contributed by atoms with Crippen LogP contribution in [-0.4, -0.2) is 64.1 Å². The van der Waals surface area contributed by atoms with Gasteiger partial charge in [0, 0.05) is 5.70 Å². The summed E-state index contributed by atoms with van der Waals surface area (Å²) in [6.45, 7) is 2.93. The van der Waals surface area contributed by atoms with Crippen molar-refractivity contribution in [1.82, 2.24) is 16.1 Å². The van der Waals surface area contributed by atoms with Crippen molar-refractivity contribution >= 4 is 30.1 Å². The minimum Gasteiger partial charge on any atom is -0.493 e. The summed E-state index contributed by atoms with van der Waals surface area (Å²) in [7, 11) is 2.70. The molecule has 212 valence electrons. The van der Waals surface area contributed by atoms with Crippen molar-refractivity contribution < 1.29 is 42.9 Å². The van der Waals surface area contributed by atoms with Gasteiger partial charge in [-0.1, -0.05) is 6.07 Å². The van der Waals surface area contributed by atoms with Gasteiger partial charge in [-0.05, 0) is 61.4 Å². The number of carbonyl (C=O) groups excluding carboxylic acids is 4. The number of hydrazone groups is 1. The molecule has 0 saturated carbocycles. The Balaban J connectivity index is 1.59. The van der Waals surface area contributed by atoms with E-state index in [0.29, 0.717) is 22.6 Å². The first-order valence-corrected chi connectivity index (χ1v) is 12.1. The summed E-state index contributed by atoms with van der Waals surface area (Å²) in [6, 6.07) is 10.3. The van der Waals surface area contributed by atoms with Crippen LogP contribution in [0, 0.1) is 0 Å². The molecule has 3 amide bonds. The maximum Gasteiger partial charge on any atom is 0.343 e. The number of rotatable bonds is 12. The lowest BCUT2D eigenvalue weighted by Gasteiger charge is -2.28. The molecule has 1 atom stereocenters. The van der Waals surface area contributed by atoms with E-state index in [4.69, 9.17) is 18.9 Å². The highest BCUT2D eigenvalue weighted by molar-refractivity contribution is 5.95. The number of methoxy groups -OCH3 is 2. The van der Waals surface area contributed by atoms with Gasteiger partial charge >= 0.3 is 18.0 Å². The maximum atomic E-state index is 12.5. The molecule has 1 aliphatic heterocycles. The van der Waals surface area contributed by atoms with E-state index >= 15 is 0 Å². The van der Waals surface area contributed by atoms with Crippen LogP contribution in [0.3, 0.4) is 0 Å². The summed E-state index contributed by atoms with van der Waals surface area (Å²) in [5.41, 5.74) is 4.24. The molecule has 1 aliphatic rings. The molecular weight excluding hydrogens is 524 g/mol. The summed E-state index contributed by atoms with van der Waals surface area (Å²) < 4.78 is 25.9. The first kappa shape index (κ1) is 29.5. The third kappa shape index (κ3) is 7.96. The van der Waals surface area contributed by atoms with Crippen LogP contribution in [0.4, 0.5) is 4.79 Å². The molecule has 0 spiro atoms. The molecule has 0 unspecified atom stereocenters. The Labute approximate surface area is 230 Å². The lowest BCUT2D eigenvalue weighted by atomic mass is 9.95. The molecule has 0 fully saturated rings. The zero-order chi connectivity index (χ0) is 29.1. The minimum atomic E-state index is -0.776. The second kappa shape index (κ2) is 14.2. The topological polar surface area (TPSA) is 163 Å². The van der Waals surface area contributed by atoms with Gasteiger partial charge in [-0.15, -0.1) is 0 Å². The summed E-state index contributed by atoms with van der Waals surface area (Å²) in [5.74, 6) is -0.532. The maximum absolute atomic E-state index is 12.5. The van der Waals surface area contributed by atoms with Crippen LogP contribution < -0.4 is 30.3 Å². The number of urea groups is 1. The SMILES string of the molecule is CCOC(=O)C1=C(C)NC(=O)N[C@@H]1c1ccc(OCC(=O)N/N=C\c2ccc(OCC(=O)OC)cc2)c(OC)c1. The lowest BCUT2D eigenvalue weighted by molar-refractivity contribution is -0.143. The van der Waals surface area contributed by atoms with Crippen molar-refractivity contribution in [3.05, 3.63) is 64.9 Å². The van der Waals surface area contributed by atoms with Crippen molar-refractivity contribution in [2.24, 2.45) is 5.10 Å². The summed E-state index contributed by atoms with van der Waals surface area (Å²) in [5, 5.41) is 9.19. The van der Waals surface area contributed by atoms with E-state index in [0.717, 1.165) is 0 Å². The van der Waals surface area contributed by atoms with Crippen LogP contribution in [0.5, 0.6) is 17.2 Å². The van der Waals surface area contributed by atoms with Crippen molar-refractivity contribution in [2.75, 3.05) is 34.0 Å². The van der Waals surface area contributed by atoms with E-state index < -0.39 is 29.9 Å². The second-order valence-corrected chi connectivity index (χ2v) is 8.22. The van der Waals surface area contributed by atoms with Crippen LogP contribution in [0.2, 0.25) is 0 Å². The van der Waals surface area contributed by atoms with E-state index in [1.165, 1.54) is 20.4 Å². The third-order valence-corrected chi connectivity index (χ3v) is 5.51. The number of hydrogen-bond donors (Lipinski definition) is 3. The second-order valence-electron chi connectivity index (χ2n) is 8.22. The van der Waals surface area contributed by atoms with Crippen LogP contribution in [0.15, 0.2) is 58.8 Å². The van der Waals surface area contributed by atoms with Crippen molar-refractivity contribution in [3.8, 4) is 17.2 Å². The highest BCUT2D eigenvalue weighted by atomic mass is 16.6. The smallest absolute Gasteiger partial charge is 0.343 e. The molecule has 0 bridgehead atoms. The molecule has 3 N–H and O–H groups in total. The van der Waals surface area contributed by atoms with E-state index in [1.807, 2.05) is 0 Å². The van der Waals surface area contributed by atoms with Crippen LogP contribution in [-0.2, 0) is 23.9 Å². The van der Waals surface area contributed by atoms with Gasteiger partial charge in [0.2, 0.25) is 0 Å². The molecule has 40 heavy (non-hydrogen) atoms. The fourth-order valence-corrected chi connectivity index (χ4v) is 3.61. The predicted octanol–water partition coefficient (Wildman–Crippen LogP) is 1.97. The summed E-state index contributed by atoms with van der Waals surface area (Å²) >= 11 is 0. The molecule has 13 nitrogen and oxygen atoms in total. The summed E-state index contributed by atoms with van der Waals surface area (Å²) in [4.78, 5) is 48.0. The first-order chi connectivity index (χ1) is 19.2. The Bertz CT molecular complexity index is 1310. The average molecular weight is 555 g/mol. The number of nitrogens with one attached hydrogen (secondary N) is 3. The molecule has 3 rings (SSSR count). The van der Waals surface area contributed by atoms with Gasteiger partial charge < -0.3 is 34.3 Å². The number of allylic oxidation sites excluding steroid dienone is 1. The monoisotopic (exact) mass is 554 g/mol. The highest BCUT2D eigenvalue weighted by Gasteiger charge is 2.32. The molecule has 0 aromatic heterocycles. The number of amides is 3. The van der Waals surface area contributed by atoms with E-state index in [2.05, 4.69) is 25.9 Å². The molecule has 1 heterocycles.